The number of hydrogen-bond donors (Lipinski definition) is 1. The molecule has 6 heteroatoms. The predicted octanol–water partition coefficient (Wildman–Crippen LogP) is 3.11. The molecule has 1 aromatic carbocycles. The summed E-state index contributed by atoms with van der Waals surface area (Å²) in [5.41, 5.74) is 1.61. The van der Waals surface area contributed by atoms with Crippen molar-refractivity contribution in [2.24, 2.45) is 5.73 Å². The molecule has 1 aromatic rings. The number of halogens is 5. The van der Waals surface area contributed by atoms with Gasteiger partial charge in [0, 0.05) is 18.0 Å². The summed E-state index contributed by atoms with van der Waals surface area (Å²) in [6, 6.07) is 5.63. The largest absolute Gasteiger partial charge is 0.424 e. The first-order valence-electron chi connectivity index (χ1n) is 4.49. The maximum absolute atomic E-state index is 13.6. The van der Waals surface area contributed by atoms with Crippen LogP contribution in [0.4, 0.5) is 17.6 Å². The van der Waals surface area contributed by atoms with Gasteiger partial charge in [-0.2, -0.15) is 13.2 Å². The lowest BCUT2D eigenvalue weighted by molar-refractivity contribution is -0.226. The molecule has 0 radical (unpaired) electrons. The summed E-state index contributed by atoms with van der Waals surface area (Å²) in [5.74, 6) is 0. The molecule has 2 N–H and O–H groups in total. The summed E-state index contributed by atoms with van der Waals surface area (Å²) >= 11 is 5.60. The Bertz CT molecular complexity index is 366. The van der Waals surface area contributed by atoms with Crippen molar-refractivity contribution in [2.75, 3.05) is 6.54 Å². The summed E-state index contributed by atoms with van der Waals surface area (Å²) in [6.07, 6.45) is -5.81. The van der Waals surface area contributed by atoms with Crippen LogP contribution in [0.1, 0.15) is 5.56 Å². The molecule has 90 valence electrons. The van der Waals surface area contributed by atoms with Crippen LogP contribution in [0.5, 0.6) is 0 Å². The molecule has 1 unspecified atom stereocenters. The van der Waals surface area contributed by atoms with E-state index in [2.05, 4.69) is 0 Å². The fourth-order valence-corrected chi connectivity index (χ4v) is 1.47. The highest BCUT2D eigenvalue weighted by atomic mass is 35.5. The van der Waals surface area contributed by atoms with E-state index in [4.69, 9.17) is 17.3 Å². The molecule has 1 nitrogen and oxygen atoms in total. The van der Waals surface area contributed by atoms with Gasteiger partial charge in [0.25, 0.3) is 0 Å². The van der Waals surface area contributed by atoms with E-state index in [0.29, 0.717) is 0 Å². The number of hydrogen-bond acceptors (Lipinski definition) is 1. The number of alkyl halides is 4. The lowest BCUT2D eigenvalue weighted by atomic mass is 9.96. The SMILES string of the molecule is NCC(F)(Cc1cccc(Cl)c1)C(F)(F)F. The minimum Gasteiger partial charge on any atom is -0.327 e. The fraction of sp³-hybridized carbons (Fsp3) is 0.400. The Morgan fingerprint density at radius 2 is 1.81 bits per heavy atom. The van der Waals surface area contributed by atoms with E-state index >= 15 is 0 Å². The first-order valence-corrected chi connectivity index (χ1v) is 4.86. The molecule has 0 bridgehead atoms. The third-order valence-corrected chi connectivity index (χ3v) is 2.44. The van der Waals surface area contributed by atoms with Gasteiger partial charge < -0.3 is 5.73 Å². The van der Waals surface area contributed by atoms with Gasteiger partial charge in [0.1, 0.15) is 0 Å². The first kappa shape index (κ1) is 13.3. The summed E-state index contributed by atoms with van der Waals surface area (Å²) in [6.45, 7) is -1.11. The van der Waals surface area contributed by atoms with E-state index in [1.54, 1.807) is 0 Å². The molecule has 0 fully saturated rings. The summed E-state index contributed by atoms with van der Waals surface area (Å²) in [7, 11) is 0. The van der Waals surface area contributed by atoms with Gasteiger partial charge in [-0.25, -0.2) is 4.39 Å². The van der Waals surface area contributed by atoms with E-state index in [0.717, 1.165) is 0 Å². The Kier molecular flexibility index (Phi) is 3.80. The number of nitrogens with two attached hydrogens (primary N) is 1. The highest BCUT2D eigenvalue weighted by molar-refractivity contribution is 6.30. The summed E-state index contributed by atoms with van der Waals surface area (Å²) in [5, 5.41) is 0.263. The molecule has 16 heavy (non-hydrogen) atoms. The molecular formula is C10H10ClF4N. The summed E-state index contributed by atoms with van der Waals surface area (Å²) in [4.78, 5) is 0. The third-order valence-electron chi connectivity index (χ3n) is 2.20. The van der Waals surface area contributed by atoms with Crippen molar-refractivity contribution in [1.29, 1.82) is 0 Å². The molecule has 0 amide bonds. The van der Waals surface area contributed by atoms with Crippen LogP contribution in [-0.2, 0) is 6.42 Å². The molecule has 0 heterocycles. The normalized spacial score (nSPS) is 15.9. The zero-order valence-electron chi connectivity index (χ0n) is 8.19. The second kappa shape index (κ2) is 4.59. The smallest absolute Gasteiger partial charge is 0.327 e. The van der Waals surface area contributed by atoms with E-state index in [1.165, 1.54) is 24.3 Å². The molecular weight excluding hydrogens is 246 g/mol. The van der Waals surface area contributed by atoms with Crippen LogP contribution < -0.4 is 5.73 Å². The maximum atomic E-state index is 13.6. The molecule has 1 atom stereocenters. The van der Waals surface area contributed by atoms with Crippen LogP contribution in [0.25, 0.3) is 0 Å². The molecule has 0 saturated heterocycles. The van der Waals surface area contributed by atoms with Crippen molar-refractivity contribution in [3.05, 3.63) is 34.9 Å². The molecule has 0 spiro atoms. The molecule has 0 saturated carbocycles. The van der Waals surface area contributed by atoms with Gasteiger partial charge in [0.05, 0.1) is 0 Å². The quantitative estimate of drug-likeness (QED) is 0.825. The predicted molar refractivity (Wildman–Crippen MR) is 54.1 cm³/mol. The molecule has 1 rings (SSSR count). The van der Waals surface area contributed by atoms with E-state index in [9.17, 15) is 17.6 Å². The highest BCUT2D eigenvalue weighted by Crippen LogP contribution is 2.36. The van der Waals surface area contributed by atoms with Crippen molar-refractivity contribution < 1.29 is 17.6 Å². The standard InChI is InChI=1S/C10H10ClF4N/c11-8-3-1-2-7(4-8)5-9(12,6-16)10(13,14)15/h1-4H,5-6,16H2. The lowest BCUT2D eigenvalue weighted by Gasteiger charge is -2.26. The van der Waals surface area contributed by atoms with Crippen molar-refractivity contribution >= 4 is 11.6 Å². The average Bonchev–Trinajstić information content (AvgIpc) is 2.15. The van der Waals surface area contributed by atoms with E-state index in [-0.39, 0.29) is 10.6 Å². The van der Waals surface area contributed by atoms with Crippen LogP contribution in [0.2, 0.25) is 5.02 Å². The number of benzene rings is 1. The van der Waals surface area contributed by atoms with Crippen LogP contribution in [0.15, 0.2) is 24.3 Å². The lowest BCUT2D eigenvalue weighted by Crippen LogP contribution is -2.49. The van der Waals surface area contributed by atoms with Crippen molar-refractivity contribution in [1.82, 2.24) is 0 Å². The molecule has 0 aliphatic heterocycles. The van der Waals surface area contributed by atoms with Crippen LogP contribution in [0, 0.1) is 0 Å². The first-order chi connectivity index (χ1) is 7.28. The fourth-order valence-electron chi connectivity index (χ4n) is 1.26. The third kappa shape index (κ3) is 2.86. The zero-order chi connectivity index (χ0) is 12.4. The van der Waals surface area contributed by atoms with Crippen LogP contribution in [0.3, 0.4) is 0 Å². The minimum absolute atomic E-state index is 0.165. The molecule has 0 aliphatic carbocycles. The van der Waals surface area contributed by atoms with Crippen molar-refractivity contribution in [3.63, 3.8) is 0 Å². The Balaban J connectivity index is 2.94. The van der Waals surface area contributed by atoms with Gasteiger partial charge in [-0.1, -0.05) is 23.7 Å². The van der Waals surface area contributed by atoms with Gasteiger partial charge in [-0.3, -0.25) is 0 Å². The monoisotopic (exact) mass is 255 g/mol. The Morgan fingerprint density at radius 3 is 2.25 bits per heavy atom. The zero-order valence-corrected chi connectivity index (χ0v) is 8.95. The topological polar surface area (TPSA) is 26.0 Å². The second-order valence-electron chi connectivity index (χ2n) is 3.47. The number of rotatable bonds is 3. The maximum Gasteiger partial charge on any atom is 0.424 e. The van der Waals surface area contributed by atoms with Gasteiger partial charge >= 0.3 is 6.18 Å². The van der Waals surface area contributed by atoms with Gasteiger partial charge in [-0.15, -0.1) is 0 Å². The van der Waals surface area contributed by atoms with Gasteiger partial charge in [0.15, 0.2) is 0 Å². The van der Waals surface area contributed by atoms with Gasteiger partial charge in [-0.05, 0) is 17.7 Å². The Morgan fingerprint density at radius 1 is 1.19 bits per heavy atom. The molecule has 0 aromatic heterocycles. The van der Waals surface area contributed by atoms with E-state index < -0.39 is 24.8 Å². The minimum atomic E-state index is -4.98. The molecule has 0 aliphatic rings. The van der Waals surface area contributed by atoms with Crippen molar-refractivity contribution in [3.8, 4) is 0 Å². The van der Waals surface area contributed by atoms with Crippen molar-refractivity contribution in [2.45, 2.75) is 18.3 Å². The van der Waals surface area contributed by atoms with Crippen LogP contribution in [-0.4, -0.2) is 18.4 Å². The van der Waals surface area contributed by atoms with E-state index in [1.807, 2.05) is 0 Å². The highest BCUT2D eigenvalue weighted by Gasteiger charge is 2.54. The Hall–Kier alpha value is -0.810. The Labute approximate surface area is 95.2 Å². The van der Waals surface area contributed by atoms with Gasteiger partial charge in [0.2, 0.25) is 5.67 Å². The second-order valence-corrected chi connectivity index (χ2v) is 3.91. The summed E-state index contributed by atoms with van der Waals surface area (Å²) < 4.78 is 50.8. The average molecular weight is 256 g/mol. The van der Waals surface area contributed by atoms with Crippen LogP contribution >= 0.6 is 11.6 Å².